The molecule has 0 spiro atoms. The molecule has 1 atom stereocenters. The number of amides is 1. The molecule has 8 heteroatoms. The molecule has 0 fully saturated rings. The molecule has 1 aliphatic heterocycles. The molecular weight excluding hydrogens is 494 g/mol. The lowest BCUT2D eigenvalue weighted by Crippen LogP contribution is -2.31. The van der Waals surface area contributed by atoms with Gasteiger partial charge in [-0.05, 0) is 67.0 Å². The smallest absolute Gasteiger partial charge is 0.255 e. The van der Waals surface area contributed by atoms with Crippen molar-refractivity contribution in [3.8, 4) is 5.75 Å². The first-order valence-corrected chi connectivity index (χ1v) is 13.6. The highest BCUT2D eigenvalue weighted by atomic mass is 32.2. The fourth-order valence-electron chi connectivity index (χ4n) is 4.52. The number of rotatable bonds is 8. The van der Waals surface area contributed by atoms with Gasteiger partial charge in [-0.3, -0.25) is 4.79 Å². The van der Waals surface area contributed by atoms with Crippen LogP contribution in [0.3, 0.4) is 0 Å². The molecule has 0 saturated heterocycles. The first kappa shape index (κ1) is 25.6. The van der Waals surface area contributed by atoms with Gasteiger partial charge in [0.25, 0.3) is 5.91 Å². The van der Waals surface area contributed by atoms with Crippen molar-refractivity contribution < 1.29 is 9.53 Å². The number of fused-ring (bicyclic) bond motifs is 1. The number of anilines is 2. The Hall–Kier alpha value is -4.04. The van der Waals surface area contributed by atoms with E-state index in [0.717, 1.165) is 45.1 Å². The fraction of sp³-hybridized carbons (Fsp3) is 0.233. The molecule has 194 valence electrons. The molecule has 5 rings (SSSR count). The van der Waals surface area contributed by atoms with Crippen LogP contribution in [-0.4, -0.2) is 26.4 Å². The van der Waals surface area contributed by atoms with E-state index >= 15 is 0 Å². The average Bonchev–Trinajstić information content (AvgIpc) is 3.32. The van der Waals surface area contributed by atoms with Gasteiger partial charge >= 0.3 is 0 Å². The van der Waals surface area contributed by atoms with E-state index in [9.17, 15) is 4.79 Å². The van der Waals surface area contributed by atoms with Crippen molar-refractivity contribution in [1.82, 2.24) is 14.8 Å². The van der Waals surface area contributed by atoms with E-state index in [1.807, 2.05) is 93.6 Å². The van der Waals surface area contributed by atoms with Crippen LogP contribution in [0.2, 0.25) is 0 Å². The Kier molecular flexibility index (Phi) is 7.51. The molecule has 38 heavy (non-hydrogen) atoms. The fourth-order valence-corrected chi connectivity index (χ4v) is 5.07. The van der Waals surface area contributed by atoms with Crippen molar-refractivity contribution in [3.63, 3.8) is 0 Å². The predicted molar refractivity (Wildman–Crippen MR) is 153 cm³/mol. The number of nitrogens with zero attached hydrogens (tertiary/aromatic N) is 3. The van der Waals surface area contributed by atoms with E-state index in [0.29, 0.717) is 23.3 Å². The molecule has 7 nitrogen and oxygen atoms in total. The molecule has 1 amide bonds. The zero-order valence-electron chi connectivity index (χ0n) is 22.0. The summed E-state index contributed by atoms with van der Waals surface area (Å²) in [6.07, 6.45) is 0. The number of aromatic nitrogens is 3. The summed E-state index contributed by atoms with van der Waals surface area (Å²) in [5, 5.41) is 11.9. The number of carbonyl (C=O) groups excluding carboxylic acids is 1. The number of allylic oxidation sites excluding steroid dienone is 1. The summed E-state index contributed by atoms with van der Waals surface area (Å²) in [6.45, 7) is 8.48. The van der Waals surface area contributed by atoms with Crippen LogP contribution >= 0.6 is 11.8 Å². The van der Waals surface area contributed by atoms with Crippen LogP contribution in [0.25, 0.3) is 0 Å². The van der Waals surface area contributed by atoms with Crippen molar-refractivity contribution in [3.05, 3.63) is 106 Å². The van der Waals surface area contributed by atoms with Crippen molar-refractivity contribution in [2.75, 3.05) is 16.4 Å². The quantitative estimate of drug-likeness (QED) is 0.255. The van der Waals surface area contributed by atoms with E-state index in [1.54, 1.807) is 16.4 Å². The Morgan fingerprint density at radius 2 is 1.84 bits per heavy atom. The Labute approximate surface area is 227 Å². The summed E-state index contributed by atoms with van der Waals surface area (Å²) in [4.78, 5) is 18.5. The highest BCUT2D eigenvalue weighted by Crippen LogP contribution is 2.38. The van der Waals surface area contributed by atoms with Gasteiger partial charge in [0.1, 0.15) is 18.4 Å². The number of ether oxygens (including phenoxy) is 1. The Bertz CT molecular complexity index is 1500. The lowest BCUT2D eigenvalue weighted by molar-refractivity contribution is -0.113. The second-order valence-electron chi connectivity index (χ2n) is 9.21. The first-order chi connectivity index (χ1) is 18.4. The SMILES string of the molecule is CCSc1nc2n(n1)C(c1cccc(OCc3ccccc3)c1)C(C(=O)Nc1cccc(C)c1C)=C(C)N2. The molecular formula is C30H31N5O2S. The second kappa shape index (κ2) is 11.1. The highest BCUT2D eigenvalue weighted by molar-refractivity contribution is 7.99. The maximum Gasteiger partial charge on any atom is 0.255 e. The van der Waals surface area contributed by atoms with Gasteiger partial charge in [-0.1, -0.05) is 73.3 Å². The van der Waals surface area contributed by atoms with E-state index in [1.165, 1.54) is 0 Å². The standard InChI is InChI=1S/C30H31N5O2S/c1-5-38-30-33-29-31-21(4)26(28(36)32-25-16-9-11-19(2)20(25)3)27(35(29)34-30)23-14-10-15-24(17-23)37-18-22-12-7-6-8-13-22/h6-17,27H,5,18H2,1-4H3,(H,32,36)(H,31,33,34). The molecule has 0 saturated carbocycles. The molecule has 1 aliphatic rings. The summed E-state index contributed by atoms with van der Waals surface area (Å²) in [5.74, 6) is 2.00. The van der Waals surface area contributed by atoms with Crippen molar-refractivity contribution in [2.45, 2.75) is 45.5 Å². The highest BCUT2D eigenvalue weighted by Gasteiger charge is 2.34. The third kappa shape index (κ3) is 5.31. The molecule has 2 heterocycles. The van der Waals surface area contributed by atoms with E-state index < -0.39 is 6.04 Å². The first-order valence-electron chi connectivity index (χ1n) is 12.7. The second-order valence-corrected chi connectivity index (χ2v) is 10.4. The summed E-state index contributed by atoms with van der Waals surface area (Å²) in [7, 11) is 0. The maximum atomic E-state index is 13.9. The minimum atomic E-state index is -0.477. The van der Waals surface area contributed by atoms with Gasteiger partial charge in [0.2, 0.25) is 11.1 Å². The molecule has 0 radical (unpaired) electrons. The normalized spacial score (nSPS) is 14.6. The molecule has 3 aromatic carbocycles. The van der Waals surface area contributed by atoms with E-state index in [2.05, 4.69) is 22.5 Å². The van der Waals surface area contributed by atoms with Crippen LogP contribution in [0.1, 0.15) is 42.1 Å². The van der Waals surface area contributed by atoms with Crippen LogP contribution in [-0.2, 0) is 11.4 Å². The van der Waals surface area contributed by atoms with E-state index in [4.69, 9.17) is 9.84 Å². The zero-order valence-corrected chi connectivity index (χ0v) is 22.8. The number of nitrogens with one attached hydrogen (secondary N) is 2. The summed E-state index contributed by atoms with van der Waals surface area (Å²) in [6, 6.07) is 23.4. The number of hydrogen-bond donors (Lipinski definition) is 2. The molecule has 1 unspecified atom stereocenters. The lowest BCUT2D eigenvalue weighted by Gasteiger charge is -2.29. The van der Waals surface area contributed by atoms with Crippen LogP contribution in [0.5, 0.6) is 5.75 Å². The van der Waals surface area contributed by atoms with Crippen molar-refractivity contribution >= 4 is 29.3 Å². The summed E-state index contributed by atoms with van der Waals surface area (Å²) < 4.78 is 7.93. The van der Waals surface area contributed by atoms with Gasteiger partial charge in [0, 0.05) is 11.4 Å². The monoisotopic (exact) mass is 525 g/mol. The maximum absolute atomic E-state index is 13.9. The van der Waals surface area contributed by atoms with Crippen LogP contribution < -0.4 is 15.4 Å². The Morgan fingerprint density at radius 3 is 2.63 bits per heavy atom. The third-order valence-electron chi connectivity index (χ3n) is 6.63. The number of hydrogen-bond acceptors (Lipinski definition) is 6. The molecule has 0 aliphatic carbocycles. The zero-order chi connectivity index (χ0) is 26.6. The minimum absolute atomic E-state index is 0.185. The van der Waals surface area contributed by atoms with Gasteiger partial charge < -0.3 is 15.4 Å². The van der Waals surface area contributed by atoms with Gasteiger partial charge in [-0.2, -0.15) is 4.98 Å². The Morgan fingerprint density at radius 1 is 1.05 bits per heavy atom. The van der Waals surface area contributed by atoms with Gasteiger partial charge in [-0.25, -0.2) is 4.68 Å². The summed E-state index contributed by atoms with van der Waals surface area (Å²) in [5.41, 5.74) is 6.25. The average molecular weight is 526 g/mol. The van der Waals surface area contributed by atoms with Crippen LogP contribution in [0, 0.1) is 13.8 Å². The van der Waals surface area contributed by atoms with Gasteiger partial charge in [0.15, 0.2) is 0 Å². The van der Waals surface area contributed by atoms with Crippen molar-refractivity contribution in [2.24, 2.45) is 0 Å². The molecule has 4 aromatic rings. The van der Waals surface area contributed by atoms with Crippen molar-refractivity contribution in [1.29, 1.82) is 0 Å². The van der Waals surface area contributed by atoms with Crippen LogP contribution in [0.15, 0.2) is 89.2 Å². The largest absolute Gasteiger partial charge is 0.489 e. The molecule has 0 bridgehead atoms. The third-order valence-corrected chi connectivity index (χ3v) is 7.35. The van der Waals surface area contributed by atoms with Gasteiger partial charge in [0.05, 0.1) is 5.57 Å². The number of carbonyl (C=O) groups is 1. The molecule has 2 N–H and O–H groups in total. The van der Waals surface area contributed by atoms with Gasteiger partial charge in [-0.15, -0.1) is 5.10 Å². The lowest BCUT2D eigenvalue weighted by atomic mass is 9.94. The molecule has 1 aromatic heterocycles. The predicted octanol–water partition coefficient (Wildman–Crippen LogP) is 6.51. The summed E-state index contributed by atoms with van der Waals surface area (Å²) >= 11 is 1.57. The number of thioether (sulfide) groups is 1. The number of aryl methyl sites for hydroxylation is 1. The number of benzene rings is 3. The Balaban J connectivity index is 1.52. The topological polar surface area (TPSA) is 81.1 Å². The van der Waals surface area contributed by atoms with E-state index in [-0.39, 0.29) is 5.91 Å². The minimum Gasteiger partial charge on any atom is -0.489 e. The van der Waals surface area contributed by atoms with Crippen LogP contribution in [0.4, 0.5) is 11.6 Å².